The molecule has 0 aromatic heterocycles. The first-order chi connectivity index (χ1) is 5.97. The number of carbonyl (C=O) groups is 1. The number of nitrogens with two attached hydrogens (primary N) is 1. The third kappa shape index (κ3) is 7.32. The van der Waals surface area contributed by atoms with E-state index in [9.17, 15) is 9.90 Å². The van der Waals surface area contributed by atoms with Gasteiger partial charge in [0, 0.05) is 6.54 Å². The minimum Gasteiger partial charge on any atom is -0.861 e. The molecule has 0 radical (unpaired) electrons. The normalized spacial score (nSPS) is 13.6. The molecule has 0 aromatic rings. The van der Waals surface area contributed by atoms with Gasteiger partial charge in [-0.25, -0.2) is 4.79 Å². The van der Waals surface area contributed by atoms with Crippen molar-refractivity contribution in [1.29, 1.82) is 0 Å². The maximum Gasteiger partial charge on any atom is 1.00 e. The molecule has 0 saturated carbocycles. The summed E-state index contributed by atoms with van der Waals surface area (Å²) in [4.78, 5) is 14.1. The summed E-state index contributed by atoms with van der Waals surface area (Å²) in [7, 11) is 0. The van der Waals surface area contributed by atoms with Crippen molar-refractivity contribution in [3.05, 3.63) is 0 Å². The van der Waals surface area contributed by atoms with E-state index in [1.165, 1.54) is 0 Å². The van der Waals surface area contributed by atoms with Crippen molar-refractivity contribution < 1.29 is 44.6 Å². The molecule has 0 saturated heterocycles. The van der Waals surface area contributed by atoms with Crippen LogP contribution in [0.25, 0.3) is 0 Å². The summed E-state index contributed by atoms with van der Waals surface area (Å²) >= 11 is 0. The Kier molecular flexibility index (Phi) is 9.60. The number of hydrogen-bond acceptors (Lipinski definition) is 4. The molecule has 1 atom stereocenters. The summed E-state index contributed by atoms with van der Waals surface area (Å²) in [6, 6.07) is -0.948. The Bertz CT molecular complexity index is 207. The molecule has 76 valence electrons. The van der Waals surface area contributed by atoms with Crippen LogP contribution in [0.15, 0.2) is 4.99 Å². The molecule has 0 aliphatic carbocycles. The first-order valence-electron chi connectivity index (χ1n) is 4.14. The summed E-state index contributed by atoms with van der Waals surface area (Å²) in [6.45, 7) is 3.51. The Hall–Kier alpha value is -0.100. The average Bonchev–Trinajstić information content (AvgIpc) is 2.02. The van der Waals surface area contributed by atoms with Crippen molar-refractivity contribution in [2.24, 2.45) is 16.6 Å². The molecule has 5 nitrogen and oxygen atoms in total. The fourth-order valence-corrected chi connectivity index (χ4v) is 0.882. The number of carboxylic acid groups (broad SMARTS) is 1. The molecule has 0 aromatic carbocycles. The van der Waals surface area contributed by atoms with Crippen LogP contribution >= 0.6 is 0 Å². The van der Waals surface area contributed by atoms with Gasteiger partial charge in [-0.1, -0.05) is 13.8 Å². The number of carboxylic acids is 1. The number of rotatable bonds is 5. The van der Waals surface area contributed by atoms with E-state index in [2.05, 4.69) is 4.99 Å². The monoisotopic (exact) mass is 210 g/mol. The minimum absolute atomic E-state index is 0. The van der Waals surface area contributed by atoms with Crippen LogP contribution in [-0.2, 0) is 4.79 Å². The van der Waals surface area contributed by atoms with E-state index in [0.29, 0.717) is 6.42 Å². The third-order valence-electron chi connectivity index (χ3n) is 1.45. The third-order valence-corrected chi connectivity index (χ3v) is 1.45. The van der Waals surface area contributed by atoms with Crippen LogP contribution < -0.4 is 40.4 Å². The molecular weight excluding hydrogens is 195 g/mol. The van der Waals surface area contributed by atoms with Gasteiger partial charge in [0.05, 0.1) is 0 Å². The van der Waals surface area contributed by atoms with Gasteiger partial charge in [0.25, 0.3) is 0 Å². The van der Waals surface area contributed by atoms with Gasteiger partial charge in [0.15, 0.2) is 0 Å². The predicted molar refractivity (Wildman–Crippen MR) is 47.4 cm³/mol. The van der Waals surface area contributed by atoms with Crippen LogP contribution in [0, 0.1) is 5.92 Å². The molecule has 0 aliphatic rings. The van der Waals surface area contributed by atoms with Gasteiger partial charge in [0.2, 0.25) is 0 Å². The summed E-state index contributed by atoms with van der Waals surface area (Å²) in [5, 5.41) is 19.4. The Morgan fingerprint density at radius 3 is 2.36 bits per heavy atom. The van der Waals surface area contributed by atoms with Gasteiger partial charge in [-0.2, -0.15) is 0 Å². The SMILES string of the molecule is CC(C)C[C@H](N=C([O-])CN)C(=O)O.[Na+]. The van der Waals surface area contributed by atoms with Crippen LogP contribution in [0.2, 0.25) is 0 Å². The maximum atomic E-state index is 10.8. The van der Waals surface area contributed by atoms with E-state index in [1.807, 2.05) is 13.8 Å². The Balaban J connectivity index is 0. The molecule has 0 spiro atoms. The van der Waals surface area contributed by atoms with Crippen molar-refractivity contribution in [1.82, 2.24) is 0 Å². The first-order valence-corrected chi connectivity index (χ1v) is 4.14. The van der Waals surface area contributed by atoms with Crippen molar-refractivity contribution in [3.63, 3.8) is 0 Å². The molecule has 0 heterocycles. The zero-order chi connectivity index (χ0) is 10.4. The Morgan fingerprint density at radius 2 is 2.07 bits per heavy atom. The van der Waals surface area contributed by atoms with Gasteiger partial charge in [0.1, 0.15) is 6.04 Å². The molecule has 0 rings (SSSR count). The van der Waals surface area contributed by atoms with E-state index in [1.54, 1.807) is 0 Å². The van der Waals surface area contributed by atoms with Gasteiger partial charge in [-0.15, -0.1) is 0 Å². The summed E-state index contributed by atoms with van der Waals surface area (Å²) in [6.07, 6.45) is 0.362. The average molecular weight is 210 g/mol. The fraction of sp³-hybridized carbons (Fsp3) is 0.750. The van der Waals surface area contributed by atoms with Crippen molar-refractivity contribution in [2.75, 3.05) is 6.54 Å². The summed E-state index contributed by atoms with van der Waals surface area (Å²) in [5.74, 6) is -1.45. The molecule has 0 fully saturated rings. The number of aliphatic imine (C=N–C) groups is 1. The summed E-state index contributed by atoms with van der Waals surface area (Å²) in [5.41, 5.74) is 5.02. The zero-order valence-corrected chi connectivity index (χ0v) is 10.9. The van der Waals surface area contributed by atoms with Gasteiger partial charge in [-0.05, 0) is 18.2 Å². The first kappa shape index (κ1) is 16.3. The van der Waals surface area contributed by atoms with E-state index in [0.717, 1.165) is 0 Å². The smallest absolute Gasteiger partial charge is 0.861 e. The quantitative estimate of drug-likeness (QED) is 0.276. The fourth-order valence-electron chi connectivity index (χ4n) is 0.882. The number of aliphatic carboxylic acids is 1. The maximum absolute atomic E-state index is 10.8. The van der Waals surface area contributed by atoms with E-state index >= 15 is 0 Å². The van der Waals surface area contributed by atoms with Crippen molar-refractivity contribution >= 4 is 11.9 Å². The molecule has 3 N–H and O–H groups in total. The zero-order valence-electron chi connectivity index (χ0n) is 8.86. The van der Waals surface area contributed by atoms with Crippen LogP contribution in [0.4, 0.5) is 0 Å². The molecule has 14 heavy (non-hydrogen) atoms. The molecular formula is C8H15N2NaO3. The molecule has 0 bridgehead atoms. The van der Waals surface area contributed by atoms with E-state index in [-0.39, 0.29) is 42.0 Å². The molecule has 0 amide bonds. The molecule has 6 heteroatoms. The second-order valence-electron chi connectivity index (χ2n) is 3.21. The van der Waals surface area contributed by atoms with E-state index in [4.69, 9.17) is 10.8 Å². The summed E-state index contributed by atoms with van der Waals surface area (Å²) < 4.78 is 0. The second kappa shape index (κ2) is 8.23. The van der Waals surface area contributed by atoms with Gasteiger partial charge in [-0.3, -0.25) is 4.99 Å². The topological polar surface area (TPSA) is 98.7 Å². The Morgan fingerprint density at radius 1 is 1.57 bits per heavy atom. The van der Waals surface area contributed by atoms with Gasteiger partial charge >= 0.3 is 35.5 Å². The minimum atomic E-state index is -1.07. The van der Waals surface area contributed by atoms with Crippen LogP contribution in [0.5, 0.6) is 0 Å². The van der Waals surface area contributed by atoms with Crippen LogP contribution in [0.1, 0.15) is 20.3 Å². The van der Waals surface area contributed by atoms with Crippen molar-refractivity contribution in [3.8, 4) is 0 Å². The van der Waals surface area contributed by atoms with Crippen LogP contribution in [0.3, 0.4) is 0 Å². The number of nitrogens with zero attached hydrogens (tertiary/aromatic N) is 1. The number of hydrogen-bond donors (Lipinski definition) is 2. The standard InChI is InChI=1S/C8H16N2O3.Na/c1-5(2)3-6(8(12)13)10-7(11)4-9;/h5-6H,3-4,9H2,1-2H3,(H,10,11)(H,12,13);/q;+1/p-1/t6-;/m0./s1. The molecule has 0 aliphatic heterocycles. The Labute approximate surface area is 106 Å². The second-order valence-corrected chi connectivity index (χ2v) is 3.21. The van der Waals surface area contributed by atoms with E-state index < -0.39 is 17.9 Å². The van der Waals surface area contributed by atoms with Crippen molar-refractivity contribution in [2.45, 2.75) is 26.3 Å². The largest absolute Gasteiger partial charge is 1.00 e. The predicted octanol–water partition coefficient (Wildman–Crippen LogP) is -3.79. The van der Waals surface area contributed by atoms with Gasteiger partial charge < -0.3 is 15.9 Å². The molecule has 0 unspecified atom stereocenters. The van der Waals surface area contributed by atoms with Crippen LogP contribution in [-0.4, -0.2) is 29.6 Å².